The number of rotatable bonds is 12. The summed E-state index contributed by atoms with van der Waals surface area (Å²) in [5.41, 5.74) is 12.0. The van der Waals surface area contributed by atoms with Crippen LogP contribution in [0.2, 0.25) is 0 Å². The molecule has 51 heavy (non-hydrogen) atoms. The largest absolute Gasteiger partial charge is 0.671 e. The van der Waals surface area contributed by atoms with Gasteiger partial charge >= 0.3 is 0 Å². The van der Waals surface area contributed by atoms with E-state index in [1.807, 2.05) is 6.07 Å². The normalized spacial score (nSPS) is 12.2. The minimum atomic E-state index is -0.282. The van der Waals surface area contributed by atoms with Gasteiger partial charge in [0.15, 0.2) is 0 Å². The van der Waals surface area contributed by atoms with Crippen molar-refractivity contribution in [2.45, 2.75) is 138 Å². The Bertz CT molecular complexity index is 1800. The van der Waals surface area contributed by atoms with Gasteiger partial charge in [0, 0.05) is 50.9 Å². The van der Waals surface area contributed by atoms with Crippen LogP contribution in [0.4, 0.5) is 5.69 Å². The fourth-order valence-electron chi connectivity index (χ4n) is 6.85. The molecule has 0 radical (unpaired) electrons. The number of para-hydroxylation sites is 2. The van der Waals surface area contributed by atoms with Crippen molar-refractivity contribution in [3.8, 4) is 11.3 Å². The Kier molecular flexibility index (Phi) is 15.6. The zero-order valence-corrected chi connectivity index (χ0v) is 37.4. The summed E-state index contributed by atoms with van der Waals surface area (Å²) in [7, 11) is 2.13. The molecule has 0 spiro atoms. The topological polar surface area (TPSA) is 45.1 Å². The number of unbranched alkanes of at least 4 members (excludes halogenated alkanes) is 1. The quantitative estimate of drug-likeness (QED) is 0.0927. The molecule has 2 heterocycles. The second-order valence-corrected chi connectivity index (χ2v) is 15.4. The summed E-state index contributed by atoms with van der Waals surface area (Å²) in [5.74, 6) is 3.72. The molecule has 5 aromatic rings. The number of hydrogen-bond donors (Lipinski definition) is 0. The van der Waals surface area contributed by atoms with Crippen LogP contribution >= 0.6 is 0 Å². The molecule has 4 nitrogen and oxygen atoms in total. The van der Waals surface area contributed by atoms with E-state index >= 15 is 0 Å². The third-order valence-corrected chi connectivity index (χ3v) is 9.81. The van der Waals surface area contributed by atoms with Crippen LogP contribution in [0, 0.1) is 6.92 Å². The molecule has 3 aromatic carbocycles. The van der Waals surface area contributed by atoms with Gasteiger partial charge in [0.25, 0.3) is 0 Å². The van der Waals surface area contributed by atoms with Gasteiger partial charge in [-0.2, -0.15) is 6.42 Å². The van der Waals surface area contributed by atoms with E-state index in [0.29, 0.717) is 29.6 Å². The average molecular weight is 853 g/mol. The van der Waals surface area contributed by atoms with Crippen molar-refractivity contribution in [3.63, 3.8) is 0 Å². The molecule has 0 aliphatic rings. The Morgan fingerprint density at radius 2 is 1.27 bits per heavy atom. The molecule has 0 aliphatic heterocycles. The second-order valence-electron chi connectivity index (χ2n) is 15.4. The molecule has 0 fully saturated rings. The predicted molar refractivity (Wildman–Crippen MR) is 216 cm³/mol. The fourth-order valence-corrected chi connectivity index (χ4v) is 6.85. The molecule has 2 aromatic heterocycles. The molecule has 274 valence electrons. The van der Waals surface area contributed by atoms with Crippen LogP contribution in [0.25, 0.3) is 27.5 Å². The van der Waals surface area contributed by atoms with E-state index in [2.05, 4.69) is 156 Å². The minimum Gasteiger partial charge on any atom is -0.671 e. The molecule has 0 N–H and O–H groups in total. The number of furan rings is 1. The van der Waals surface area contributed by atoms with Gasteiger partial charge in [0.05, 0.1) is 17.1 Å². The van der Waals surface area contributed by atoms with E-state index in [9.17, 15) is 0 Å². The molecule has 1 atom stereocenters. The van der Waals surface area contributed by atoms with Crippen molar-refractivity contribution in [1.29, 1.82) is 0 Å². The van der Waals surface area contributed by atoms with Gasteiger partial charge < -0.3 is 21.2 Å². The number of fused-ring (bicyclic) bond motifs is 1. The fraction of sp³-hybridized carbons (Fsp3) is 0.478. The molecule has 0 saturated carbocycles. The summed E-state index contributed by atoms with van der Waals surface area (Å²) < 4.78 is 8.55. The van der Waals surface area contributed by atoms with Crippen molar-refractivity contribution in [1.82, 2.24) is 9.55 Å². The molecule has 0 amide bonds. The SMILES string of the molecule is CCc1oc2ccccc2c1-c1cn(C)c(C([N-]c2c(C(C)C)cccc2C(C)C)c2c(C(C)C)cc(C(C)C)cc2C(C)C)n1.[CH2-]CCC.[Hf]. The van der Waals surface area contributed by atoms with Crippen molar-refractivity contribution in [3.05, 3.63) is 118 Å². The minimum absolute atomic E-state index is 0. The van der Waals surface area contributed by atoms with Gasteiger partial charge in [0.1, 0.15) is 11.3 Å². The summed E-state index contributed by atoms with van der Waals surface area (Å²) in [5, 5.41) is 6.96. The first-order valence-corrected chi connectivity index (χ1v) is 19.1. The van der Waals surface area contributed by atoms with E-state index in [1.54, 1.807) is 0 Å². The number of benzene rings is 3. The number of imidazole rings is 1. The smallest absolute Gasteiger partial charge is 0.134 e. The Hall–Kier alpha value is -2.92. The zero-order valence-electron chi connectivity index (χ0n) is 33.8. The third kappa shape index (κ3) is 9.36. The zero-order chi connectivity index (χ0) is 36.9. The molecule has 5 rings (SSSR count). The Labute approximate surface area is 329 Å². The van der Waals surface area contributed by atoms with Crippen LogP contribution in [0.15, 0.2) is 65.2 Å². The van der Waals surface area contributed by atoms with Gasteiger partial charge in [-0.05, 0) is 64.0 Å². The van der Waals surface area contributed by atoms with E-state index < -0.39 is 0 Å². The van der Waals surface area contributed by atoms with Crippen molar-refractivity contribution in [2.24, 2.45) is 7.05 Å². The molecule has 0 aliphatic carbocycles. The molecule has 1 unspecified atom stereocenters. The van der Waals surface area contributed by atoms with Gasteiger partial charge in [-0.25, -0.2) is 4.98 Å². The summed E-state index contributed by atoms with van der Waals surface area (Å²) in [4.78, 5) is 5.50. The van der Waals surface area contributed by atoms with Gasteiger partial charge in [-0.3, -0.25) is 0 Å². The Morgan fingerprint density at radius 1 is 0.745 bits per heavy atom. The number of nitrogens with zero attached hydrogens (tertiary/aromatic N) is 3. The number of aryl methyl sites for hydroxylation is 2. The third-order valence-electron chi connectivity index (χ3n) is 9.81. The Balaban J connectivity index is 0.00000133. The Morgan fingerprint density at radius 3 is 1.75 bits per heavy atom. The van der Waals surface area contributed by atoms with Gasteiger partial charge in [-0.1, -0.05) is 149 Å². The first-order chi connectivity index (χ1) is 23.7. The second kappa shape index (κ2) is 18.7. The van der Waals surface area contributed by atoms with Crippen LogP contribution in [0.3, 0.4) is 0 Å². The van der Waals surface area contributed by atoms with Crippen molar-refractivity contribution in [2.75, 3.05) is 0 Å². The summed E-state index contributed by atoms with van der Waals surface area (Å²) >= 11 is 0. The number of aromatic nitrogens is 2. The maximum atomic E-state index is 6.34. The van der Waals surface area contributed by atoms with Crippen LogP contribution in [0.1, 0.15) is 177 Å². The predicted octanol–water partition coefficient (Wildman–Crippen LogP) is 14.4. The first kappa shape index (κ1) is 42.5. The maximum absolute atomic E-state index is 6.34. The standard InChI is InChI=1S/C42H54N3O.C4H9.Hf/c1-13-36-39(32-17-14-15-20-37(32)46-36)35-23-45(12)42(43-35)41(44-40-30(25(4)5)18-16-19-31(40)26(6)7)38-33(27(8)9)21-29(24(2)3)22-34(38)28(10)11;1-3-4-2;/h14-28,41H,13H2,1-12H3;1,3-4H2,2H3;/q2*-1;. The summed E-state index contributed by atoms with van der Waals surface area (Å²) in [6, 6.07) is 19.6. The summed E-state index contributed by atoms with van der Waals surface area (Å²) in [6.07, 6.45) is 5.26. The van der Waals surface area contributed by atoms with Crippen molar-refractivity contribution < 1.29 is 30.3 Å². The molecule has 0 bridgehead atoms. The van der Waals surface area contributed by atoms with Crippen molar-refractivity contribution >= 4 is 16.7 Å². The van der Waals surface area contributed by atoms with Gasteiger partial charge in [-0.15, -0.1) is 5.69 Å². The van der Waals surface area contributed by atoms with E-state index in [0.717, 1.165) is 52.3 Å². The monoisotopic (exact) mass is 853 g/mol. The van der Waals surface area contributed by atoms with E-state index in [1.165, 1.54) is 39.8 Å². The van der Waals surface area contributed by atoms with E-state index in [4.69, 9.17) is 14.7 Å². The maximum Gasteiger partial charge on any atom is 0.134 e. The number of hydrogen-bond acceptors (Lipinski definition) is 2. The van der Waals surface area contributed by atoms with Crippen LogP contribution < -0.4 is 0 Å². The molecule has 0 saturated heterocycles. The van der Waals surface area contributed by atoms with Crippen LogP contribution in [-0.4, -0.2) is 9.55 Å². The summed E-state index contributed by atoms with van der Waals surface area (Å²) in [6.45, 7) is 30.9. The molecular weight excluding hydrogens is 789 g/mol. The van der Waals surface area contributed by atoms with Gasteiger partial charge in [0.2, 0.25) is 0 Å². The van der Waals surface area contributed by atoms with E-state index in [-0.39, 0.29) is 31.9 Å². The van der Waals surface area contributed by atoms with Crippen LogP contribution in [-0.2, 0) is 39.3 Å². The molecular formula is C46H63HfN3O-2. The first-order valence-electron chi connectivity index (χ1n) is 19.1. The molecule has 5 heteroatoms. The average Bonchev–Trinajstić information content (AvgIpc) is 3.65. The van der Waals surface area contributed by atoms with Crippen LogP contribution in [0.5, 0.6) is 0 Å².